The van der Waals surface area contributed by atoms with E-state index in [4.69, 9.17) is 5.11 Å². The lowest BCUT2D eigenvalue weighted by atomic mass is 9.84. The second-order valence-electron chi connectivity index (χ2n) is 6.11. The second-order valence-corrected chi connectivity index (χ2v) is 6.11. The van der Waals surface area contributed by atoms with Crippen LogP contribution in [0, 0.1) is 40.5 Å². The van der Waals surface area contributed by atoms with E-state index >= 15 is 0 Å². The van der Waals surface area contributed by atoms with E-state index in [2.05, 4.69) is 0 Å². The predicted octanol–water partition coefficient (Wildman–Crippen LogP) is 4.82. The fourth-order valence-electron chi connectivity index (χ4n) is 2.96. The Kier molecular flexibility index (Phi) is 5.13. The molecule has 1 aromatic rings. The Labute approximate surface area is 125 Å². The lowest BCUT2D eigenvalue weighted by Crippen LogP contribution is -2.23. The van der Waals surface area contributed by atoms with Crippen molar-refractivity contribution in [1.29, 1.82) is 0 Å². The van der Waals surface area contributed by atoms with Gasteiger partial charge < -0.3 is 5.11 Å². The van der Waals surface area contributed by atoms with Crippen LogP contribution in [0.3, 0.4) is 0 Å². The van der Waals surface area contributed by atoms with Crippen LogP contribution in [0.5, 0.6) is 0 Å². The van der Waals surface area contributed by atoms with Gasteiger partial charge >= 0.3 is 5.97 Å². The van der Waals surface area contributed by atoms with Crippen LogP contribution in [0.15, 0.2) is 0 Å². The van der Waals surface area contributed by atoms with Crippen LogP contribution < -0.4 is 0 Å². The Hall–Kier alpha value is -1.45. The fourth-order valence-corrected chi connectivity index (χ4v) is 2.96. The summed E-state index contributed by atoms with van der Waals surface area (Å²) < 4.78 is 29.4. The molecule has 0 aliphatic rings. The summed E-state index contributed by atoms with van der Waals surface area (Å²) in [4.78, 5) is 10.7. The van der Waals surface area contributed by atoms with E-state index in [0.29, 0.717) is 11.1 Å². The van der Waals surface area contributed by atoms with Gasteiger partial charge in [-0.3, -0.25) is 4.79 Å². The molecule has 0 amide bonds. The van der Waals surface area contributed by atoms with E-state index < -0.39 is 24.2 Å². The Balaban J connectivity index is 3.29. The van der Waals surface area contributed by atoms with Crippen LogP contribution in [0.25, 0.3) is 0 Å². The van der Waals surface area contributed by atoms with Crippen LogP contribution in [-0.4, -0.2) is 11.1 Å². The van der Waals surface area contributed by atoms with Gasteiger partial charge in [0.05, 0.1) is 0 Å². The number of rotatable bonds is 5. The number of alkyl halides is 2. The molecule has 1 N–H and O–H groups in total. The van der Waals surface area contributed by atoms with Crippen molar-refractivity contribution in [2.75, 3.05) is 0 Å². The first-order valence-electron chi connectivity index (χ1n) is 7.16. The van der Waals surface area contributed by atoms with Crippen LogP contribution in [0.1, 0.15) is 53.1 Å². The molecule has 0 bridgehead atoms. The standard InChI is InChI=1S/C17H24F2O2/c1-9(7-15(20)21)8-17(18,19)16-13(5)11(3)10(2)12(4)14(16)6/h9H,7-8H2,1-6H3,(H,20,21). The van der Waals surface area contributed by atoms with Gasteiger partial charge in [0.2, 0.25) is 0 Å². The van der Waals surface area contributed by atoms with E-state index in [9.17, 15) is 13.6 Å². The first kappa shape index (κ1) is 17.6. The molecule has 2 nitrogen and oxygen atoms in total. The van der Waals surface area contributed by atoms with Gasteiger partial charge in [0.25, 0.3) is 5.92 Å². The van der Waals surface area contributed by atoms with Crippen molar-refractivity contribution < 1.29 is 18.7 Å². The van der Waals surface area contributed by atoms with Crippen molar-refractivity contribution in [2.45, 2.75) is 60.3 Å². The van der Waals surface area contributed by atoms with Crippen LogP contribution in [0.4, 0.5) is 8.78 Å². The van der Waals surface area contributed by atoms with Gasteiger partial charge in [-0.05, 0) is 68.4 Å². The quantitative estimate of drug-likeness (QED) is 0.846. The Morgan fingerprint density at radius 2 is 1.38 bits per heavy atom. The average Bonchev–Trinajstić information content (AvgIpc) is 2.32. The topological polar surface area (TPSA) is 37.3 Å². The number of carbonyl (C=O) groups is 1. The van der Waals surface area contributed by atoms with Crippen molar-refractivity contribution >= 4 is 5.97 Å². The van der Waals surface area contributed by atoms with Gasteiger partial charge in [-0.15, -0.1) is 0 Å². The minimum Gasteiger partial charge on any atom is -0.481 e. The third kappa shape index (κ3) is 3.60. The molecule has 0 heterocycles. The summed E-state index contributed by atoms with van der Waals surface area (Å²) in [6.07, 6.45) is -0.680. The maximum atomic E-state index is 14.7. The van der Waals surface area contributed by atoms with Gasteiger partial charge in [-0.1, -0.05) is 6.92 Å². The first-order chi connectivity index (χ1) is 9.49. The minimum atomic E-state index is -3.01. The van der Waals surface area contributed by atoms with Gasteiger partial charge in [-0.2, -0.15) is 0 Å². The largest absolute Gasteiger partial charge is 0.481 e. The molecule has 21 heavy (non-hydrogen) atoms. The average molecular weight is 298 g/mol. The van der Waals surface area contributed by atoms with Gasteiger partial charge in [0.15, 0.2) is 0 Å². The Bertz CT molecular complexity index is 533. The number of halogens is 2. The first-order valence-corrected chi connectivity index (χ1v) is 7.16. The summed E-state index contributed by atoms with van der Waals surface area (Å²) >= 11 is 0. The number of hydrogen-bond donors (Lipinski definition) is 1. The highest BCUT2D eigenvalue weighted by Crippen LogP contribution is 2.41. The molecule has 1 rings (SSSR count). The number of carboxylic acid groups (broad SMARTS) is 1. The molecule has 4 heteroatoms. The fraction of sp³-hybridized carbons (Fsp3) is 0.588. The van der Waals surface area contributed by atoms with E-state index in [1.54, 1.807) is 20.8 Å². The lowest BCUT2D eigenvalue weighted by Gasteiger charge is -2.27. The zero-order valence-corrected chi connectivity index (χ0v) is 13.6. The highest BCUT2D eigenvalue weighted by atomic mass is 19.3. The van der Waals surface area contributed by atoms with Gasteiger partial charge in [0.1, 0.15) is 0 Å². The molecule has 0 fully saturated rings. The van der Waals surface area contributed by atoms with Crippen molar-refractivity contribution in [3.8, 4) is 0 Å². The molecule has 0 aliphatic carbocycles. The normalized spacial score (nSPS) is 13.3. The van der Waals surface area contributed by atoms with Crippen molar-refractivity contribution in [3.63, 3.8) is 0 Å². The smallest absolute Gasteiger partial charge is 0.303 e. The molecule has 0 radical (unpaired) electrons. The zero-order valence-electron chi connectivity index (χ0n) is 13.6. The van der Waals surface area contributed by atoms with Gasteiger partial charge in [0, 0.05) is 18.4 Å². The van der Waals surface area contributed by atoms with E-state index in [1.807, 2.05) is 20.8 Å². The molecule has 0 aromatic heterocycles. The Morgan fingerprint density at radius 3 is 1.76 bits per heavy atom. The zero-order chi connectivity index (χ0) is 16.5. The monoisotopic (exact) mass is 298 g/mol. The maximum absolute atomic E-state index is 14.7. The van der Waals surface area contributed by atoms with Gasteiger partial charge in [-0.25, -0.2) is 8.78 Å². The number of carboxylic acids is 1. The summed E-state index contributed by atoms with van der Waals surface area (Å²) in [5, 5.41) is 8.74. The summed E-state index contributed by atoms with van der Waals surface area (Å²) in [5.74, 6) is -4.62. The molecule has 118 valence electrons. The molecule has 1 atom stereocenters. The molecule has 0 aliphatic heterocycles. The molecular weight excluding hydrogens is 274 g/mol. The predicted molar refractivity (Wildman–Crippen MR) is 80.1 cm³/mol. The van der Waals surface area contributed by atoms with Crippen LogP contribution in [0.2, 0.25) is 0 Å². The number of hydrogen-bond acceptors (Lipinski definition) is 1. The molecule has 0 saturated heterocycles. The van der Waals surface area contributed by atoms with E-state index in [0.717, 1.165) is 16.7 Å². The third-order valence-electron chi connectivity index (χ3n) is 4.49. The maximum Gasteiger partial charge on any atom is 0.303 e. The summed E-state index contributed by atoms with van der Waals surface area (Å²) in [6, 6.07) is 0. The molecule has 0 spiro atoms. The second kappa shape index (κ2) is 6.12. The summed E-state index contributed by atoms with van der Waals surface area (Å²) in [7, 11) is 0. The van der Waals surface area contributed by atoms with Crippen molar-refractivity contribution in [1.82, 2.24) is 0 Å². The molecule has 1 unspecified atom stereocenters. The van der Waals surface area contributed by atoms with E-state index in [1.165, 1.54) is 0 Å². The lowest BCUT2D eigenvalue weighted by molar-refractivity contribution is -0.138. The number of aliphatic carboxylic acids is 1. The SMILES string of the molecule is Cc1c(C)c(C)c(C(F)(F)CC(C)CC(=O)O)c(C)c1C. The molecule has 1 aromatic carbocycles. The van der Waals surface area contributed by atoms with Crippen molar-refractivity contribution in [2.24, 2.45) is 5.92 Å². The van der Waals surface area contributed by atoms with Crippen LogP contribution >= 0.6 is 0 Å². The van der Waals surface area contributed by atoms with E-state index in [-0.39, 0.29) is 12.0 Å². The highest BCUT2D eigenvalue weighted by molar-refractivity contribution is 5.67. The minimum absolute atomic E-state index is 0.0698. The third-order valence-corrected chi connectivity index (χ3v) is 4.49. The number of benzene rings is 1. The molecule has 0 saturated carbocycles. The Morgan fingerprint density at radius 1 is 1.00 bits per heavy atom. The summed E-state index contributed by atoms with van der Waals surface area (Å²) in [6.45, 7) is 10.7. The summed E-state index contributed by atoms with van der Waals surface area (Å²) in [5.41, 5.74) is 4.12. The highest BCUT2D eigenvalue weighted by Gasteiger charge is 2.37. The molecular formula is C17H24F2O2. The van der Waals surface area contributed by atoms with Crippen LogP contribution in [-0.2, 0) is 10.7 Å². The van der Waals surface area contributed by atoms with Crippen molar-refractivity contribution in [3.05, 3.63) is 33.4 Å².